The molecule has 12 heteroatoms. The van der Waals surface area contributed by atoms with E-state index in [2.05, 4.69) is 21.2 Å². The van der Waals surface area contributed by atoms with Gasteiger partial charge in [-0.15, -0.1) is 0 Å². The van der Waals surface area contributed by atoms with Crippen molar-refractivity contribution in [3.63, 3.8) is 0 Å². The molecule has 0 aromatic heterocycles. The van der Waals surface area contributed by atoms with E-state index >= 15 is 0 Å². The topological polar surface area (TPSA) is 128 Å². The van der Waals surface area contributed by atoms with Gasteiger partial charge < -0.3 is 15.2 Å². The lowest BCUT2D eigenvalue weighted by Gasteiger charge is -2.26. The first-order valence-corrected chi connectivity index (χ1v) is 10.9. The van der Waals surface area contributed by atoms with E-state index in [9.17, 15) is 19.2 Å². The van der Waals surface area contributed by atoms with Gasteiger partial charge in [-0.1, -0.05) is 23.2 Å². The van der Waals surface area contributed by atoms with Crippen molar-refractivity contribution in [3.05, 3.63) is 56.0 Å². The molecule has 0 radical (unpaired) electrons. The van der Waals surface area contributed by atoms with Crippen molar-refractivity contribution in [3.8, 4) is 11.5 Å². The van der Waals surface area contributed by atoms with Crippen LogP contribution in [0.1, 0.15) is 12.5 Å². The molecular weight excluding hydrogens is 541 g/mol. The van der Waals surface area contributed by atoms with Crippen molar-refractivity contribution in [1.82, 2.24) is 5.32 Å². The number of hydrogen-bond acceptors (Lipinski definition) is 6. The summed E-state index contributed by atoms with van der Waals surface area (Å²) in [5.74, 6) is -1.92. The third-order valence-electron chi connectivity index (χ3n) is 4.26. The van der Waals surface area contributed by atoms with E-state index in [1.807, 2.05) is 0 Å². The molecule has 9 nitrogen and oxygen atoms in total. The summed E-state index contributed by atoms with van der Waals surface area (Å²) in [5.41, 5.74) is 5.35. The highest BCUT2D eigenvalue weighted by Crippen LogP contribution is 2.38. The molecule has 0 spiro atoms. The minimum Gasteiger partial charge on any atom is -0.490 e. The van der Waals surface area contributed by atoms with Gasteiger partial charge in [0.25, 0.3) is 17.7 Å². The van der Waals surface area contributed by atoms with Crippen LogP contribution in [0.15, 0.2) is 40.4 Å². The molecule has 1 aliphatic rings. The second kappa shape index (κ2) is 10.2. The number of benzene rings is 2. The zero-order valence-corrected chi connectivity index (χ0v) is 20.1. The van der Waals surface area contributed by atoms with Gasteiger partial charge in [-0.05, 0) is 64.8 Å². The van der Waals surface area contributed by atoms with Gasteiger partial charge in [0.2, 0.25) is 0 Å². The number of primary amides is 1. The molecule has 1 fully saturated rings. The fraction of sp³-hybridized carbons (Fsp3) is 0.143. The second-order valence-electron chi connectivity index (χ2n) is 6.57. The van der Waals surface area contributed by atoms with E-state index in [1.54, 1.807) is 13.0 Å². The molecule has 0 atom stereocenters. The number of barbiturate groups is 1. The molecule has 0 saturated carbocycles. The summed E-state index contributed by atoms with van der Waals surface area (Å²) in [6, 6.07) is 6.32. The van der Waals surface area contributed by atoms with Gasteiger partial charge in [0, 0.05) is 0 Å². The Hall–Kier alpha value is -3.08. The summed E-state index contributed by atoms with van der Waals surface area (Å²) >= 11 is 15.2. The van der Waals surface area contributed by atoms with Gasteiger partial charge in [0.05, 0.1) is 26.8 Å². The Kier molecular flexibility index (Phi) is 7.62. The van der Waals surface area contributed by atoms with Crippen LogP contribution >= 0.6 is 39.1 Å². The first-order chi connectivity index (χ1) is 15.6. The van der Waals surface area contributed by atoms with E-state index in [4.69, 9.17) is 38.4 Å². The third-order valence-corrected chi connectivity index (χ3v) is 5.59. The molecule has 0 aliphatic carbocycles. The number of nitrogens with two attached hydrogens (primary N) is 1. The maximum absolute atomic E-state index is 13.1. The number of imide groups is 2. The van der Waals surface area contributed by atoms with Crippen molar-refractivity contribution in [2.24, 2.45) is 5.73 Å². The number of ether oxygens (including phenoxy) is 2. The quantitative estimate of drug-likeness (QED) is 0.395. The standard InChI is InChI=1S/C21H16BrCl2N3O6/c1-2-32-16-7-10(6-13(22)18(16)33-9-17(25)28)5-12-19(29)26-21(31)27(20(12)30)11-3-4-14(23)15(24)8-11/h3-8H,2,9H2,1H3,(H2,25,28)(H,26,29,31)/b12-5+. The van der Waals surface area contributed by atoms with Crippen LogP contribution < -0.4 is 25.4 Å². The van der Waals surface area contributed by atoms with Crippen LogP contribution in [0.4, 0.5) is 10.5 Å². The number of urea groups is 1. The van der Waals surface area contributed by atoms with Crippen molar-refractivity contribution >= 4 is 74.6 Å². The molecule has 0 unspecified atom stereocenters. The SMILES string of the molecule is CCOc1cc(/C=C2\C(=O)NC(=O)N(c3ccc(Cl)c(Cl)c3)C2=O)cc(Br)c1OCC(N)=O. The number of nitrogens with one attached hydrogen (secondary N) is 1. The van der Waals surface area contributed by atoms with Gasteiger partial charge in [0.15, 0.2) is 18.1 Å². The number of anilines is 1. The Labute approximate surface area is 206 Å². The maximum atomic E-state index is 13.1. The van der Waals surface area contributed by atoms with Gasteiger partial charge in [-0.2, -0.15) is 0 Å². The Balaban J connectivity index is 2.02. The molecule has 2 aromatic carbocycles. The van der Waals surface area contributed by atoms with Gasteiger partial charge in [-0.3, -0.25) is 19.7 Å². The second-order valence-corrected chi connectivity index (χ2v) is 8.24. The Morgan fingerprint density at radius 2 is 1.88 bits per heavy atom. The van der Waals surface area contributed by atoms with Crippen molar-refractivity contribution in [2.75, 3.05) is 18.1 Å². The molecule has 5 amide bonds. The summed E-state index contributed by atoms with van der Waals surface area (Å²) in [4.78, 5) is 49.7. The monoisotopic (exact) mass is 555 g/mol. The molecule has 3 N–H and O–H groups in total. The molecule has 172 valence electrons. The van der Waals surface area contributed by atoms with E-state index < -0.39 is 23.8 Å². The largest absolute Gasteiger partial charge is 0.490 e. The molecule has 3 rings (SSSR count). The summed E-state index contributed by atoms with van der Waals surface area (Å²) < 4.78 is 11.3. The zero-order chi connectivity index (χ0) is 24.3. The number of nitrogens with zero attached hydrogens (tertiary/aromatic N) is 1. The normalized spacial score (nSPS) is 15.0. The number of rotatable bonds is 7. The van der Waals surface area contributed by atoms with Crippen LogP contribution in [-0.2, 0) is 14.4 Å². The highest BCUT2D eigenvalue weighted by Gasteiger charge is 2.37. The molecular formula is C21H16BrCl2N3O6. The minimum absolute atomic E-state index is 0.133. The van der Waals surface area contributed by atoms with Crippen LogP contribution in [0.2, 0.25) is 10.0 Å². The summed E-state index contributed by atoms with van der Waals surface area (Å²) in [5, 5.41) is 2.50. The lowest BCUT2D eigenvalue weighted by molar-refractivity contribution is -0.123. The summed E-state index contributed by atoms with van der Waals surface area (Å²) in [7, 11) is 0. The molecule has 33 heavy (non-hydrogen) atoms. The summed E-state index contributed by atoms with van der Waals surface area (Å²) in [6.07, 6.45) is 1.29. The highest BCUT2D eigenvalue weighted by atomic mass is 79.9. The fourth-order valence-electron chi connectivity index (χ4n) is 2.90. The lowest BCUT2D eigenvalue weighted by atomic mass is 10.1. The minimum atomic E-state index is -0.924. The van der Waals surface area contributed by atoms with Crippen LogP contribution in [0.3, 0.4) is 0 Å². The number of carbonyl (C=O) groups is 4. The van der Waals surface area contributed by atoms with E-state index in [-0.39, 0.29) is 46.0 Å². The first kappa shape index (κ1) is 24.6. The van der Waals surface area contributed by atoms with E-state index in [0.717, 1.165) is 4.90 Å². The third kappa shape index (κ3) is 5.47. The predicted molar refractivity (Wildman–Crippen MR) is 125 cm³/mol. The Morgan fingerprint density at radius 3 is 2.52 bits per heavy atom. The Bertz CT molecular complexity index is 1200. The van der Waals surface area contributed by atoms with Crippen LogP contribution in [0.5, 0.6) is 11.5 Å². The fourth-order valence-corrected chi connectivity index (χ4v) is 3.77. The summed E-state index contributed by atoms with van der Waals surface area (Å²) in [6.45, 7) is 1.65. The molecule has 1 aliphatic heterocycles. The first-order valence-electron chi connectivity index (χ1n) is 9.36. The molecule has 1 saturated heterocycles. The maximum Gasteiger partial charge on any atom is 0.335 e. The van der Waals surface area contributed by atoms with Crippen molar-refractivity contribution < 1.29 is 28.7 Å². The van der Waals surface area contributed by atoms with Gasteiger partial charge >= 0.3 is 6.03 Å². The average molecular weight is 557 g/mol. The Morgan fingerprint density at radius 1 is 1.15 bits per heavy atom. The van der Waals surface area contributed by atoms with Crippen LogP contribution in [0, 0.1) is 0 Å². The van der Waals surface area contributed by atoms with Gasteiger partial charge in [-0.25, -0.2) is 9.69 Å². The van der Waals surface area contributed by atoms with E-state index in [1.165, 1.54) is 30.3 Å². The van der Waals surface area contributed by atoms with Crippen molar-refractivity contribution in [2.45, 2.75) is 6.92 Å². The molecule has 1 heterocycles. The predicted octanol–water partition coefficient (Wildman–Crippen LogP) is 3.69. The number of carbonyl (C=O) groups excluding carboxylic acids is 4. The smallest absolute Gasteiger partial charge is 0.335 e. The van der Waals surface area contributed by atoms with Crippen LogP contribution in [0.25, 0.3) is 6.08 Å². The highest BCUT2D eigenvalue weighted by molar-refractivity contribution is 9.10. The molecule has 2 aromatic rings. The number of amides is 5. The molecule has 0 bridgehead atoms. The lowest BCUT2D eigenvalue weighted by Crippen LogP contribution is -2.54. The average Bonchev–Trinajstić information content (AvgIpc) is 2.73. The number of halogens is 3. The van der Waals surface area contributed by atoms with Gasteiger partial charge in [0.1, 0.15) is 5.57 Å². The van der Waals surface area contributed by atoms with Crippen LogP contribution in [-0.4, -0.2) is 37.0 Å². The van der Waals surface area contributed by atoms with Crippen molar-refractivity contribution in [1.29, 1.82) is 0 Å². The number of hydrogen-bond donors (Lipinski definition) is 2. The zero-order valence-electron chi connectivity index (χ0n) is 17.0. The van der Waals surface area contributed by atoms with E-state index in [0.29, 0.717) is 10.0 Å².